The van der Waals surface area contributed by atoms with Crippen molar-refractivity contribution in [2.24, 2.45) is 0 Å². The molecule has 0 saturated carbocycles. The number of ether oxygens (including phenoxy) is 1. The second-order valence-corrected chi connectivity index (χ2v) is 6.52. The monoisotopic (exact) mass is 319 g/mol. The highest BCUT2D eigenvalue weighted by Crippen LogP contribution is 2.21. The van der Waals surface area contributed by atoms with Crippen LogP contribution in [0.4, 0.5) is 0 Å². The summed E-state index contributed by atoms with van der Waals surface area (Å²) in [7, 11) is 0. The number of fused-ring (bicyclic) bond motifs is 1. The highest BCUT2D eigenvalue weighted by Gasteiger charge is 2.06. The van der Waals surface area contributed by atoms with E-state index < -0.39 is 0 Å². The molecule has 3 aromatic carbocycles. The third kappa shape index (κ3) is 4.15. The fourth-order valence-electron chi connectivity index (χ4n) is 2.82. The molecule has 0 aromatic heterocycles. The van der Waals surface area contributed by atoms with Crippen LogP contribution in [0.1, 0.15) is 37.9 Å². The van der Waals surface area contributed by atoms with Crippen molar-refractivity contribution < 1.29 is 4.74 Å². The first-order valence-corrected chi connectivity index (χ1v) is 8.59. The molecule has 0 bridgehead atoms. The first-order chi connectivity index (χ1) is 11.6. The van der Waals surface area contributed by atoms with Crippen LogP contribution in [0.3, 0.4) is 0 Å². The van der Waals surface area contributed by atoms with E-state index in [4.69, 9.17) is 4.74 Å². The lowest BCUT2D eigenvalue weighted by Crippen LogP contribution is -2.18. The lowest BCUT2D eigenvalue weighted by Gasteiger charge is -2.16. The molecule has 0 amide bonds. The molecule has 0 aliphatic heterocycles. The van der Waals surface area contributed by atoms with Gasteiger partial charge in [0.15, 0.2) is 0 Å². The number of nitrogens with one attached hydrogen (secondary N) is 1. The average Bonchev–Trinajstić information content (AvgIpc) is 2.60. The summed E-state index contributed by atoms with van der Waals surface area (Å²) in [4.78, 5) is 0. The van der Waals surface area contributed by atoms with Gasteiger partial charge in [0.1, 0.15) is 5.75 Å². The molecule has 0 aliphatic carbocycles. The van der Waals surface area contributed by atoms with E-state index in [1.54, 1.807) is 0 Å². The lowest BCUT2D eigenvalue weighted by atomic mass is 10.0. The molecule has 124 valence electrons. The molecule has 1 unspecified atom stereocenters. The summed E-state index contributed by atoms with van der Waals surface area (Å²) in [5.74, 6) is 0.927. The molecule has 2 nitrogen and oxygen atoms in total. The lowest BCUT2D eigenvalue weighted by molar-refractivity contribution is 0.242. The maximum atomic E-state index is 5.68. The zero-order chi connectivity index (χ0) is 16.9. The topological polar surface area (TPSA) is 21.3 Å². The van der Waals surface area contributed by atoms with Crippen molar-refractivity contribution in [1.29, 1.82) is 0 Å². The minimum atomic E-state index is 0.210. The number of rotatable bonds is 6. The number of hydrogen-bond donors (Lipinski definition) is 1. The second-order valence-electron chi connectivity index (χ2n) is 6.52. The Morgan fingerprint density at radius 2 is 1.54 bits per heavy atom. The summed E-state index contributed by atoms with van der Waals surface area (Å²) >= 11 is 0. The van der Waals surface area contributed by atoms with E-state index in [-0.39, 0.29) is 6.10 Å². The van der Waals surface area contributed by atoms with E-state index in [2.05, 4.69) is 66.8 Å². The minimum Gasteiger partial charge on any atom is -0.491 e. The number of hydrogen-bond acceptors (Lipinski definition) is 2. The third-order valence-electron chi connectivity index (χ3n) is 4.18. The summed E-state index contributed by atoms with van der Waals surface area (Å²) in [5.41, 5.74) is 2.58. The van der Waals surface area contributed by atoms with Crippen LogP contribution in [0.25, 0.3) is 10.8 Å². The smallest absolute Gasteiger partial charge is 0.119 e. The fraction of sp³-hybridized carbons (Fsp3) is 0.273. The fourth-order valence-corrected chi connectivity index (χ4v) is 2.82. The van der Waals surface area contributed by atoms with Gasteiger partial charge in [0.2, 0.25) is 0 Å². The second kappa shape index (κ2) is 7.50. The number of benzene rings is 3. The molecule has 0 spiro atoms. The Labute approximate surface area is 144 Å². The minimum absolute atomic E-state index is 0.210. The zero-order valence-corrected chi connectivity index (χ0v) is 14.6. The molecule has 3 rings (SSSR count). The van der Waals surface area contributed by atoms with Crippen molar-refractivity contribution in [3.05, 3.63) is 77.9 Å². The van der Waals surface area contributed by atoms with E-state index >= 15 is 0 Å². The maximum Gasteiger partial charge on any atom is 0.119 e. The molecule has 1 atom stereocenters. The Morgan fingerprint density at radius 1 is 0.833 bits per heavy atom. The van der Waals surface area contributed by atoms with Crippen LogP contribution in [0, 0.1) is 0 Å². The van der Waals surface area contributed by atoms with Crippen molar-refractivity contribution >= 4 is 10.8 Å². The molecule has 0 heterocycles. The summed E-state index contributed by atoms with van der Waals surface area (Å²) < 4.78 is 5.68. The third-order valence-corrected chi connectivity index (χ3v) is 4.18. The van der Waals surface area contributed by atoms with Gasteiger partial charge < -0.3 is 10.1 Å². The predicted octanol–water partition coefficient (Wildman–Crippen LogP) is 5.48. The van der Waals surface area contributed by atoms with Crippen LogP contribution >= 0.6 is 0 Å². The van der Waals surface area contributed by atoms with E-state index in [0.717, 1.165) is 12.3 Å². The molecule has 0 fully saturated rings. The summed E-state index contributed by atoms with van der Waals surface area (Å²) in [6, 6.07) is 23.8. The quantitative estimate of drug-likeness (QED) is 0.650. The molecule has 0 saturated heterocycles. The Bertz CT molecular complexity index is 792. The maximum absolute atomic E-state index is 5.68. The van der Waals surface area contributed by atoms with Gasteiger partial charge in [0.25, 0.3) is 0 Å². The normalized spacial score (nSPS) is 12.5. The molecule has 0 radical (unpaired) electrons. The Kier molecular flexibility index (Phi) is 5.17. The van der Waals surface area contributed by atoms with Crippen LogP contribution in [0.15, 0.2) is 66.7 Å². The molecular formula is C22H25NO. The largest absolute Gasteiger partial charge is 0.491 e. The SMILES string of the molecule is CC(C)Oc1ccc(CNC(C)c2ccc3ccccc3c2)cc1. The van der Waals surface area contributed by atoms with Crippen LogP contribution in [0.5, 0.6) is 5.75 Å². The van der Waals surface area contributed by atoms with Crippen molar-refractivity contribution in [3.8, 4) is 5.75 Å². The van der Waals surface area contributed by atoms with Gasteiger partial charge >= 0.3 is 0 Å². The Balaban J connectivity index is 1.62. The van der Waals surface area contributed by atoms with Gasteiger partial charge in [-0.2, -0.15) is 0 Å². The van der Waals surface area contributed by atoms with Crippen LogP contribution in [0.2, 0.25) is 0 Å². The first-order valence-electron chi connectivity index (χ1n) is 8.59. The standard InChI is InChI=1S/C22H25NO/c1-16(2)24-22-12-8-18(9-13-22)15-23-17(3)20-11-10-19-6-4-5-7-21(19)14-20/h4-14,16-17,23H,15H2,1-3H3. The average molecular weight is 319 g/mol. The molecule has 3 aromatic rings. The van der Waals surface area contributed by atoms with Gasteiger partial charge in [-0.1, -0.05) is 48.5 Å². The highest BCUT2D eigenvalue weighted by atomic mass is 16.5. The van der Waals surface area contributed by atoms with Crippen LogP contribution in [-0.2, 0) is 6.54 Å². The van der Waals surface area contributed by atoms with Crippen LogP contribution in [-0.4, -0.2) is 6.10 Å². The molecule has 1 N–H and O–H groups in total. The van der Waals surface area contributed by atoms with Gasteiger partial charge in [-0.25, -0.2) is 0 Å². The van der Waals surface area contributed by atoms with E-state index in [1.165, 1.54) is 21.9 Å². The van der Waals surface area contributed by atoms with E-state index in [1.807, 2.05) is 26.0 Å². The highest BCUT2D eigenvalue weighted by molar-refractivity contribution is 5.83. The summed E-state index contributed by atoms with van der Waals surface area (Å²) in [6.07, 6.45) is 0.210. The van der Waals surface area contributed by atoms with Crippen molar-refractivity contribution in [1.82, 2.24) is 5.32 Å². The molecule has 0 aliphatic rings. The summed E-state index contributed by atoms with van der Waals surface area (Å²) in [5, 5.41) is 6.18. The Hall–Kier alpha value is -2.32. The predicted molar refractivity (Wildman–Crippen MR) is 101 cm³/mol. The van der Waals surface area contributed by atoms with Crippen LogP contribution < -0.4 is 10.1 Å². The van der Waals surface area contributed by atoms with Crippen molar-refractivity contribution in [3.63, 3.8) is 0 Å². The van der Waals surface area contributed by atoms with Gasteiger partial charge in [0.05, 0.1) is 6.10 Å². The molecule has 2 heteroatoms. The summed E-state index contributed by atoms with van der Waals surface area (Å²) in [6.45, 7) is 7.14. The molecular weight excluding hydrogens is 294 g/mol. The van der Waals surface area contributed by atoms with Gasteiger partial charge in [-0.05, 0) is 60.9 Å². The van der Waals surface area contributed by atoms with Crippen molar-refractivity contribution in [2.45, 2.75) is 39.5 Å². The Morgan fingerprint density at radius 3 is 2.25 bits per heavy atom. The first kappa shape index (κ1) is 16.5. The zero-order valence-electron chi connectivity index (χ0n) is 14.6. The van der Waals surface area contributed by atoms with E-state index in [9.17, 15) is 0 Å². The van der Waals surface area contributed by atoms with Gasteiger partial charge in [0, 0.05) is 12.6 Å². The van der Waals surface area contributed by atoms with Gasteiger partial charge in [-0.15, -0.1) is 0 Å². The van der Waals surface area contributed by atoms with E-state index in [0.29, 0.717) is 6.04 Å². The van der Waals surface area contributed by atoms with Gasteiger partial charge in [-0.3, -0.25) is 0 Å². The van der Waals surface area contributed by atoms with Crippen molar-refractivity contribution in [2.75, 3.05) is 0 Å². The molecule has 24 heavy (non-hydrogen) atoms.